The highest BCUT2D eigenvalue weighted by atomic mass is 16.5. The number of hydrogen-bond donors (Lipinski definition) is 1. The summed E-state index contributed by atoms with van der Waals surface area (Å²) in [4.78, 5) is 11.8. The number of ketones is 1. The molecule has 1 aliphatic rings. The molecule has 88 valence electrons. The summed E-state index contributed by atoms with van der Waals surface area (Å²) < 4.78 is 6.99. The summed E-state index contributed by atoms with van der Waals surface area (Å²) in [5.74, 6) is 0.0611. The van der Waals surface area contributed by atoms with Crippen molar-refractivity contribution >= 4 is 5.78 Å². The molecular formula is C12H18N2O2. The Labute approximate surface area is 95.6 Å². The van der Waals surface area contributed by atoms with E-state index >= 15 is 0 Å². The Morgan fingerprint density at radius 1 is 1.56 bits per heavy atom. The van der Waals surface area contributed by atoms with Crippen LogP contribution < -0.4 is 5.32 Å². The zero-order valence-corrected chi connectivity index (χ0v) is 9.61. The van der Waals surface area contributed by atoms with Crippen molar-refractivity contribution in [1.29, 1.82) is 0 Å². The van der Waals surface area contributed by atoms with E-state index in [1.54, 1.807) is 7.11 Å². The van der Waals surface area contributed by atoms with Gasteiger partial charge in [0.25, 0.3) is 0 Å². The highest BCUT2D eigenvalue weighted by Gasteiger charge is 2.19. The monoisotopic (exact) mass is 222 g/mol. The molecular weight excluding hydrogens is 204 g/mol. The number of hydrogen-bond acceptors (Lipinski definition) is 3. The maximum Gasteiger partial charge on any atom is 0.204 e. The van der Waals surface area contributed by atoms with Gasteiger partial charge in [0.2, 0.25) is 5.78 Å². The molecule has 0 saturated carbocycles. The third-order valence-corrected chi connectivity index (χ3v) is 3.04. The summed E-state index contributed by atoms with van der Waals surface area (Å²) in [7, 11) is 1.55. The number of aromatic nitrogens is 1. The number of methoxy groups -OCH3 is 1. The number of ether oxygens (including phenoxy) is 1. The predicted molar refractivity (Wildman–Crippen MR) is 61.8 cm³/mol. The number of Topliss-reactive ketones (excluding diaryl/α,β-unsaturated/α-hetero) is 1. The standard InChI is InChI=1S/C12H18N2O2/c1-16-9-12(15)11-3-2-8-14(11)10-4-6-13-7-5-10/h2-3,8,10,13H,4-7,9H2,1H3. The van der Waals surface area contributed by atoms with Crippen LogP contribution in [0.25, 0.3) is 0 Å². The summed E-state index contributed by atoms with van der Waals surface area (Å²) in [6.07, 6.45) is 4.17. The average molecular weight is 222 g/mol. The molecule has 2 heterocycles. The van der Waals surface area contributed by atoms with E-state index in [0.29, 0.717) is 6.04 Å². The van der Waals surface area contributed by atoms with E-state index in [1.165, 1.54) is 0 Å². The van der Waals surface area contributed by atoms with Crippen molar-refractivity contribution in [2.45, 2.75) is 18.9 Å². The maximum absolute atomic E-state index is 11.8. The van der Waals surface area contributed by atoms with Crippen LogP contribution in [0.2, 0.25) is 0 Å². The lowest BCUT2D eigenvalue weighted by molar-refractivity contribution is 0.0835. The van der Waals surface area contributed by atoms with Crippen LogP contribution in [0.1, 0.15) is 29.4 Å². The van der Waals surface area contributed by atoms with Gasteiger partial charge in [-0.1, -0.05) is 0 Å². The second-order valence-corrected chi connectivity index (χ2v) is 4.14. The Morgan fingerprint density at radius 3 is 3.00 bits per heavy atom. The fourth-order valence-corrected chi connectivity index (χ4v) is 2.24. The van der Waals surface area contributed by atoms with Crippen LogP contribution in [0.15, 0.2) is 18.3 Å². The molecule has 0 aromatic carbocycles. The maximum atomic E-state index is 11.8. The van der Waals surface area contributed by atoms with Crippen molar-refractivity contribution < 1.29 is 9.53 Å². The molecule has 0 unspecified atom stereocenters. The smallest absolute Gasteiger partial charge is 0.204 e. The Bertz CT molecular complexity index is 354. The van der Waals surface area contributed by atoms with Crippen molar-refractivity contribution in [2.24, 2.45) is 0 Å². The summed E-state index contributed by atoms with van der Waals surface area (Å²) in [6.45, 7) is 2.22. The van der Waals surface area contributed by atoms with Gasteiger partial charge < -0.3 is 14.6 Å². The first-order valence-electron chi connectivity index (χ1n) is 5.72. The fourth-order valence-electron chi connectivity index (χ4n) is 2.24. The van der Waals surface area contributed by atoms with Crippen molar-refractivity contribution in [3.8, 4) is 0 Å². The third kappa shape index (κ3) is 2.33. The van der Waals surface area contributed by atoms with Crippen LogP contribution in [0.5, 0.6) is 0 Å². The molecule has 2 rings (SSSR count). The van der Waals surface area contributed by atoms with Gasteiger partial charge in [0.05, 0.1) is 5.69 Å². The van der Waals surface area contributed by atoms with Crippen LogP contribution >= 0.6 is 0 Å². The topological polar surface area (TPSA) is 43.3 Å². The van der Waals surface area contributed by atoms with Crippen LogP contribution in [0.4, 0.5) is 0 Å². The molecule has 0 amide bonds. The molecule has 0 spiro atoms. The minimum atomic E-state index is 0.0611. The summed E-state index contributed by atoms with van der Waals surface area (Å²) in [5, 5.41) is 3.33. The van der Waals surface area contributed by atoms with E-state index in [4.69, 9.17) is 4.74 Å². The molecule has 4 heteroatoms. The van der Waals surface area contributed by atoms with Crippen LogP contribution in [-0.2, 0) is 4.74 Å². The molecule has 1 aromatic heterocycles. The van der Waals surface area contributed by atoms with Gasteiger partial charge in [-0.3, -0.25) is 4.79 Å². The third-order valence-electron chi connectivity index (χ3n) is 3.04. The van der Waals surface area contributed by atoms with Crippen LogP contribution in [0, 0.1) is 0 Å². The molecule has 1 N–H and O–H groups in total. The van der Waals surface area contributed by atoms with Gasteiger partial charge in [0.15, 0.2) is 0 Å². The van der Waals surface area contributed by atoms with Gasteiger partial charge in [0.1, 0.15) is 6.61 Å². The molecule has 0 radical (unpaired) electrons. The lowest BCUT2D eigenvalue weighted by Crippen LogP contribution is -2.30. The van der Waals surface area contributed by atoms with E-state index in [0.717, 1.165) is 31.6 Å². The van der Waals surface area contributed by atoms with Crippen LogP contribution in [-0.4, -0.2) is 37.2 Å². The highest BCUT2D eigenvalue weighted by Crippen LogP contribution is 2.21. The predicted octanol–water partition coefficient (Wildman–Crippen LogP) is 1.24. The van der Waals surface area contributed by atoms with E-state index in [1.807, 2.05) is 18.3 Å². The van der Waals surface area contributed by atoms with Crippen molar-refractivity contribution in [3.05, 3.63) is 24.0 Å². The fraction of sp³-hybridized carbons (Fsp3) is 0.583. The first kappa shape index (κ1) is 11.4. The Hall–Kier alpha value is -1.13. The van der Waals surface area contributed by atoms with Gasteiger partial charge >= 0.3 is 0 Å². The van der Waals surface area contributed by atoms with Gasteiger partial charge in [-0.2, -0.15) is 0 Å². The summed E-state index contributed by atoms with van der Waals surface area (Å²) in [6, 6.07) is 4.26. The van der Waals surface area contributed by atoms with Gasteiger partial charge in [-0.15, -0.1) is 0 Å². The van der Waals surface area contributed by atoms with Crippen molar-refractivity contribution in [2.75, 3.05) is 26.8 Å². The number of carbonyl (C=O) groups is 1. The number of carbonyl (C=O) groups excluding carboxylic acids is 1. The number of nitrogens with zero attached hydrogens (tertiary/aromatic N) is 1. The van der Waals surface area contributed by atoms with Gasteiger partial charge in [-0.05, 0) is 38.1 Å². The molecule has 1 aromatic rings. The largest absolute Gasteiger partial charge is 0.376 e. The van der Waals surface area contributed by atoms with E-state index in [2.05, 4.69) is 9.88 Å². The normalized spacial score (nSPS) is 17.6. The van der Waals surface area contributed by atoms with Crippen molar-refractivity contribution in [3.63, 3.8) is 0 Å². The molecule has 0 bridgehead atoms. The molecule has 16 heavy (non-hydrogen) atoms. The lowest BCUT2D eigenvalue weighted by Gasteiger charge is -2.25. The number of nitrogens with one attached hydrogen (secondary N) is 1. The second-order valence-electron chi connectivity index (χ2n) is 4.14. The zero-order chi connectivity index (χ0) is 11.4. The molecule has 4 nitrogen and oxygen atoms in total. The SMILES string of the molecule is COCC(=O)c1cccn1C1CCNCC1. The number of rotatable bonds is 4. The molecule has 1 fully saturated rings. The second kappa shape index (κ2) is 5.27. The quantitative estimate of drug-likeness (QED) is 0.779. The van der Waals surface area contributed by atoms with E-state index in [-0.39, 0.29) is 12.4 Å². The average Bonchev–Trinajstić information content (AvgIpc) is 2.79. The molecule has 0 atom stereocenters. The first-order chi connectivity index (χ1) is 7.83. The molecule has 0 aliphatic carbocycles. The summed E-state index contributed by atoms with van der Waals surface area (Å²) in [5.41, 5.74) is 0.772. The van der Waals surface area contributed by atoms with E-state index in [9.17, 15) is 4.79 Å². The number of piperidine rings is 1. The van der Waals surface area contributed by atoms with Crippen molar-refractivity contribution in [1.82, 2.24) is 9.88 Å². The van der Waals surface area contributed by atoms with Crippen LogP contribution in [0.3, 0.4) is 0 Å². The first-order valence-corrected chi connectivity index (χ1v) is 5.72. The van der Waals surface area contributed by atoms with Gasteiger partial charge in [0, 0.05) is 19.3 Å². The Morgan fingerprint density at radius 2 is 2.31 bits per heavy atom. The minimum absolute atomic E-state index is 0.0611. The highest BCUT2D eigenvalue weighted by molar-refractivity contribution is 5.95. The van der Waals surface area contributed by atoms with E-state index < -0.39 is 0 Å². The molecule has 1 saturated heterocycles. The minimum Gasteiger partial charge on any atom is -0.376 e. The molecule has 1 aliphatic heterocycles. The van der Waals surface area contributed by atoms with Gasteiger partial charge in [-0.25, -0.2) is 0 Å². The lowest BCUT2D eigenvalue weighted by atomic mass is 10.1. The Kier molecular flexibility index (Phi) is 3.74. The Balaban J connectivity index is 2.14. The zero-order valence-electron chi connectivity index (χ0n) is 9.61. The summed E-state index contributed by atoms with van der Waals surface area (Å²) >= 11 is 0.